The molecule has 0 N–H and O–H groups in total. The number of methoxy groups -OCH3 is 2. The molecule has 4 nitrogen and oxygen atoms in total. The van der Waals surface area contributed by atoms with Gasteiger partial charge in [0.2, 0.25) is 0 Å². The van der Waals surface area contributed by atoms with E-state index in [4.69, 9.17) is 9.47 Å². The van der Waals surface area contributed by atoms with Gasteiger partial charge >= 0.3 is 5.97 Å². The van der Waals surface area contributed by atoms with Crippen LogP contribution in [0.5, 0.6) is 11.5 Å². The molecule has 0 saturated heterocycles. The van der Waals surface area contributed by atoms with Crippen LogP contribution in [0, 0.1) is 0 Å². The van der Waals surface area contributed by atoms with Crippen LogP contribution in [0.15, 0.2) is 24.3 Å². The normalized spacial score (nSPS) is 10.4. The highest BCUT2D eigenvalue weighted by molar-refractivity contribution is 5.87. The first-order chi connectivity index (χ1) is 8.71. The SMILES string of the molecule is CCCOc1ccc(C=CC(=O)OC)cc1OC. The average Bonchev–Trinajstić information content (AvgIpc) is 2.42. The number of ether oxygens (including phenoxy) is 3. The van der Waals surface area contributed by atoms with Crippen molar-refractivity contribution >= 4 is 12.0 Å². The van der Waals surface area contributed by atoms with E-state index in [0.29, 0.717) is 18.1 Å². The Morgan fingerprint density at radius 2 is 2.06 bits per heavy atom. The summed E-state index contributed by atoms with van der Waals surface area (Å²) in [6.07, 6.45) is 3.96. The standard InChI is InChI=1S/C14H18O4/c1-4-9-18-12-7-5-11(10-13(12)16-2)6-8-14(15)17-3/h5-8,10H,4,9H2,1-3H3. The number of carbonyl (C=O) groups excluding carboxylic acids is 1. The molecule has 0 radical (unpaired) electrons. The van der Waals surface area contributed by atoms with Gasteiger partial charge in [-0.15, -0.1) is 0 Å². The second-order valence-electron chi connectivity index (χ2n) is 3.62. The molecule has 0 saturated carbocycles. The molecule has 0 spiro atoms. The van der Waals surface area contributed by atoms with E-state index < -0.39 is 0 Å². The Balaban J connectivity index is 2.84. The Morgan fingerprint density at radius 1 is 1.28 bits per heavy atom. The number of hydrogen-bond donors (Lipinski definition) is 0. The lowest BCUT2D eigenvalue weighted by Gasteiger charge is -2.10. The molecule has 0 aliphatic carbocycles. The van der Waals surface area contributed by atoms with Crippen molar-refractivity contribution in [2.75, 3.05) is 20.8 Å². The Hall–Kier alpha value is -1.97. The fraction of sp³-hybridized carbons (Fsp3) is 0.357. The van der Waals surface area contributed by atoms with Crippen LogP contribution >= 0.6 is 0 Å². The molecule has 0 heterocycles. The predicted molar refractivity (Wildman–Crippen MR) is 69.8 cm³/mol. The zero-order valence-electron chi connectivity index (χ0n) is 10.9. The topological polar surface area (TPSA) is 44.8 Å². The van der Waals surface area contributed by atoms with Crippen LogP contribution in [0.4, 0.5) is 0 Å². The summed E-state index contributed by atoms with van der Waals surface area (Å²) < 4.78 is 15.3. The Morgan fingerprint density at radius 3 is 2.67 bits per heavy atom. The van der Waals surface area contributed by atoms with Crippen LogP contribution in [0.3, 0.4) is 0 Å². The van der Waals surface area contributed by atoms with Crippen LogP contribution in [-0.2, 0) is 9.53 Å². The smallest absolute Gasteiger partial charge is 0.330 e. The van der Waals surface area contributed by atoms with Crippen molar-refractivity contribution in [3.05, 3.63) is 29.8 Å². The molecule has 98 valence electrons. The molecule has 1 aromatic carbocycles. The molecule has 0 aliphatic rings. The zero-order chi connectivity index (χ0) is 13.4. The molecule has 0 amide bonds. The van der Waals surface area contributed by atoms with Crippen molar-refractivity contribution in [3.63, 3.8) is 0 Å². The molecule has 0 fully saturated rings. The fourth-order valence-corrected chi connectivity index (χ4v) is 1.35. The molecule has 4 heteroatoms. The summed E-state index contributed by atoms with van der Waals surface area (Å²) in [7, 11) is 2.93. The molecule has 0 aromatic heterocycles. The Kier molecular flexibility index (Phi) is 5.77. The van der Waals surface area contributed by atoms with E-state index in [1.807, 2.05) is 25.1 Å². The van der Waals surface area contributed by atoms with Gasteiger partial charge < -0.3 is 14.2 Å². The minimum atomic E-state index is -0.389. The lowest BCUT2D eigenvalue weighted by Crippen LogP contribution is -1.98. The zero-order valence-corrected chi connectivity index (χ0v) is 10.9. The van der Waals surface area contributed by atoms with E-state index in [2.05, 4.69) is 4.74 Å². The summed E-state index contributed by atoms with van der Waals surface area (Å²) in [5.41, 5.74) is 0.848. The molecule has 0 unspecified atom stereocenters. The van der Waals surface area contributed by atoms with E-state index in [1.165, 1.54) is 13.2 Å². The second kappa shape index (κ2) is 7.37. The van der Waals surface area contributed by atoms with Gasteiger partial charge in [-0.1, -0.05) is 13.0 Å². The van der Waals surface area contributed by atoms with Gasteiger partial charge in [-0.05, 0) is 30.2 Å². The van der Waals surface area contributed by atoms with E-state index in [1.54, 1.807) is 13.2 Å². The summed E-state index contributed by atoms with van der Waals surface area (Å²) >= 11 is 0. The fourth-order valence-electron chi connectivity index (χ4n) is 1.35. The number of benzene rings is 1. The van der Waals surface area contributed by atoms with Crippen LogP contribution in [0.25, 0.3) is 6.08 Å². The summed E-state index contributed by atoms with van der Waals surface area (Å²) in [5, 5.41) is 0. The van der Waals surface area contributed by atoms with Crippen molar-refractivity contribution < 1.29 is 19.0 Å². The van der Waals surface area contributed by atoms with Gasteiger partial charge in [0.25, 0.3) is 0 Å². The number of esters is 1. The summed E-state index contributed by atoms with van der Waals surface area (Å²) in [4.78, 5) is 11.0. The van der Waals surface area contributed by atoms with Crippen molar-refractivity contribution in [1.29, 1.82) is 0 Å². The van der Waals surface area contributed by atoms with E-state index >= 15 is 0 Å². The molecule has 0 bridgehead atoms. The maximum Gasteiger partial charge on any atom is 0.330 e. The minimum Gasteiger partial charge on any atom is -0.493 e. The van der Waals surface area contributed by atoms with Gasteiger partial charge in [-0.3, -0.25) is 0 Å². The van der Waals surface area contributed by atoms with Crippen LogP contribution in [-0.4, -0.2) is 26.8 Å². The van der Waals surface area contributed by atoms with E-state index in [-0.39, 0.29) is 5.97 Å². The van der Waals surface area contributed by atoms with E-state index in [0.717, 1.165) is 12.0 Å². The largest absolute Gasteiger partial charge is 0.493 e. The van der Waals surface area contributed by atoms with Crippen LogP contribution in [0.2, 0.25) is 0 Å². The average molecular weight is 250 g/mol. The van der Waals surface area contributed by atoms with Crippen molar-refractivity contribution in [2.45, 2.75) is 13.3 Å². The lowest BCUT2D eigenvalue weighted by atomic mass is 10.2. The van der Waals surface area contributed by atoms with Gasteiger partial charge in [-0.2, -0.15) is 0 Å². The van der Waals surface area contributed by atoms with Crippen molar-refractivity contribution in [3.8, 4) is 11.5 Å². The first-order valence-corrected chi connectivity index (χ1v) is 5.78. The van der Waals surface area contributed by atoms with Gasteiger partial charge in [0.15, 0.2) is 11.5 Å². The quantitative estimate of drug-likeness (QED) is 0.575. The van der Waals surface area contributed by atoms with Gasteiger partial charge in [-0.25, -0.2) is 4.79 Å². The highest BCUT2D eigenvalue weighted by Gasteiger charge is 2.04. The summed E-state index contributed by atoms with van der Waals surface area (Å²) in [5.74, 6) is 0.963. The van der Waals surface area contributed by atoms with Crippen LogP contribution < -0.4 is 9.47 Å². The second-order valence-corrected chi connectivity index (χ2v) is 3.62. The Labute approximate surface area is 107 Å². The first kappa shape index (κ1) is 14.1. The number of hydrogen-bond acceptors (Lipinski definition) is 4. The first-order valence-electron chi connectivity index (χ1n) is 5.78. The van der Waals surface area contributed by atoms with E-state index in [9.17, 15) is 4.79 Å². The predicted octanol–water partition coefficient (Wildman–Crippen LogP) is 2.67. The van der Waals surface area contributed by atoms with Crippen LogP contribution in [0.1, 0.15) is 18.9 Å². The van der Waals surface area contributed by atoms with Gasteiger partial charge in [0.05, 0.1) is 20.8 Å². The molecule has 0 aliphatic heterocycles. The monoisotopic (exact) mass is 250 g/mol. The summed E-state index contributed by atoms with van der Waals surface area (Å²) in [6.45, 7) is 2.69. The van der Waals surface area contributed by atoms with Crippen molar-refractivity contribution in [2.24, 2.45) is 0 Å². The molecule has 0 atom stereocenters. The molecule has 18 heavy (non-hydrogen) atoms. The highest BCUT2D eigenvalue weighted by Crippen LogP contribution is 2.28. The van der Waals surface area contributed by atoms with Gasteiger partial charge in [0, 0.05) is 6.08 Å². The third-order valence-corrected chi connectivity index (χ3v) is 2.26. The van der Waals surface area contributed by atoms with Gasteiger partial charge in [0.1, 0.15) is 0 Å². The third-order valence-electron chi connectivity index (χ3n) is 2.26. The molecule has 1 aromatic rings. The lowest BCUT2D eigenvalue weighted by molar-refractivity contribution is -0.134. The molecular weight excluding hydrogens is 232 g/mol. The molecular formula is C14H18O4. The highest BCUT2D eigenvalue weighted by atomic mass is 16.5. The molecule has 1 rings (SSSR count). The number of rotatable bonds is 6. The maximum absolute atomic E-state index is 11.0. The Bertz CT molecular complexity index is 424. The summed E-state index contributed by atoms with van der Waals surface area (Å²) in [6, 6.07) is 5.49. The third kappa shape index (κ3) is 4.13. The van der Waals surface area contributed by atoms with Crippen molar-refractivity contribution in [1.82, 2.24) is 0 Å². The maximum atomic E-state index is 11.0. The minimum absolute atomic E-state index is 0.389. The number of carbonyl (C=O) groups is 1.